The van der Waals surface area contributed by atoms with Crippen molar-refractivity contribution in [2.45, 2.75) is 25.8 Å². The summed E-state index contributed by atoms with van der Waals surface area (Å²) in [5.41, 5.74) is 10.4. The minimum absolute atomic E-state index is 0.0230. The Hall–Kier alpha value is -1.46. The van der Waals surface area contributed by atoms with Crippen LogP contribution in [0.25, 0.3) is 0 Å². The molecule has 0 bridgehead atoms. The van der Waals surface area contributed by atoms with Crippen LogP contribution in [0.1, 0.15) is 30.6 Å². The third-order valence-corrected chi connectivity index (χ3v) is 3.03. The molecular formula is C12H15Cl2N3O2. The smallest absolute Gasteiger partial charge is 0.251 e. The maximum Gasteiger partial charge on any atom is 0.251 e. The van der Waals surface area contributed by atoms with Crippen molar-refractivity contribution in [1.82, 2.24) is 5.32 Å². The first-order valence-electron chi connectivity index (χ1n) is 5.48. The van der Waals surface area contributed by atoms with Crippen LogP contribution in [-0.4, -0.2) is 17.4 Å². The van der Waals surface area contributed by atoms with Crippen molar-refractivity contribution < 1.29 is 9.59 Å². The molecule has 0 saturated carbocycles. The molecule has 2 amide bonds. The van der Waals surface area contributed by atoms with Crippen molar-refractivity contribution in [1.29, 1.82) is 0 Å². The number of hydrogen-bond acceptors (Lipinski definition) is 3. The molecule has 5 N–H and O–H groups in total. The van der Waals surface area contributed by atoms with E-state index >= 15 is 0 Å². The van der Waals surface area contributed by atoms with Crippen LogP contribution in [0.4, 0.5) is 5.69 Å². The van der Waals surface area contributed by atoms with Crippen molar-refractivity contribution in [2.24, 2.45) is 5.73 Å². The molecule has 7 heteroatoms. The van der Waals surface area contributed by atoms with Gasteiger partial charge in [-0.25, -0.2) is 0 Å². The second-order valence-electron chi connectivity index (χ2n) is 4.83. The Morgan fingerprint density at radius 2 is 1.74 bits per heavy atom. The van der Waals surface area contributed by atoms with Gasteiger partial charge >= 0.3 is 0 Å². The number of rotatable bonds is 4. The van der Waals surface area contributed by atoms with E-state index in [4.69, 9.17) is 34.7 Å². The predicted molar refractivity (Wildman–Crippen MR) is 76.2 cm³/mol. The number of hydrogen-bond donors (Lipinski definition) is 3. The number of benzene rings is 1. The molecule has 104 valence electrons. The molecule has 1 aromatic carbocycles. The normalized spacial score (nSPS) is 11.2. The Balaban J connectivity index is 2.93. The summed E-state index contributed by atoms with van der Waals surface area (Å²) in [7, 11) is 0. The molecule has 1 aromatic rings. The zero-order valence-electron chi connectivity index (χ0n) is 10.6. The highest BCUT2D eigenvalue weighted by Crippen LogP contribution is 2.29. The Kier molecular flexibility index (Phi) is 4.66. The number of anilines is 1. The lowest BCUT2D eigenvalue weighted by Crippen LogP contribution is -2.46. The van der Waals surface area contributed by atoms with Gasteiger partial charge in [-0.3, -0.25) is 9.59 Å². The van der Waals surface area contributed by atoms with Crippen molar-refractivity contribution >= 4 is 40.7 Å². The molecule has 0 aromatic heterocycles. The van der Waals surface area contributed by atoms with Crippen LogP contribution in [0.5, 0.6) is 0 Å². The van der Waals surface area contributed by atoms with E-state index in [1.54, 1.807) is 13.8 Å². The highest BCUT2D eigenvalue weighted by atomic mass is 35.5. The van der Waals surface area contributed by atoms with Gasteiger partial charge in [-0.15, -0.1) is 0 Å². The quantitative estimate of drug-likeness (QED) is 0.741. The van der Waals surface area contributed by atoms with Crippen LogP contribution >= 0.6 is 23.2 Å². The summed E-state index contributed by atoms with van der Waals surface area (Å²) >= 11 is 11.7. The van der Waals surface area contributed by atoms with Crippen LogP contribution in [0, 0.1) is 0 Å². The summed E-state index contributed by atoms with van der Waals surface area (Å²) < 4.78 is 0. The summed E-state index contributed by atoms with van der Waals surface area (Å²) in [6.45, 7) is 3.38. The number of amides is 2. The minimum atomic E-state index is -0.761. The molecule has 0 aliphatic carbocycles. The number of carbonyl (C=O) groups excluding carboxylic acids is 2. The molecule has 0 spiro atoms. The van der Waals surface area contributed by atoms with Crippen LogP contribution < -0.4 is 16.8 Å². The van der Waals surface area contributed by atoms with Gasteiger partial charge in [0.2, 0.25) is 5.91 Å². The van der Waals surface area contributed by atoms with E-state index in [0.29, 0.717) is 0 Å². The summed E-state index contributed by atoms with van der Waals surface area (Å²) in [4.78, 5) is 22.9. The third-order valence-electron chi connectivity index (χ3n) is 2.41. The van der Waals surface area contributed by atoms with Crippen LogP contribution in [0.2, 0.25) is 10.0 Å². The molecular weight excluding hydrogens is 289 g/mol. The van der Waals surface area contributed by atoms with Gasteiger partial charge < -0.3 is 16.8 Å². The summed E-state index contributed by atoms with van der Waals surface area (Å²) in [6, 6.07) is 2.83. The third kappa shape index (κ3) is 4.29. The Labute approximate surface area is 121 Å². The molecule has 19 heavy (non-hydrogen) atoms. The van der Waals surface area contributed by atoms with Gasteiger partial charge in [0.25, 0.3) is 5.91 Å². The van der Waals surface area contributed by atoms with Crippen LogP contribution in [0.15, 0.2) is 12.1 Å². The zero-order chi connectivity index (χ0) is 14.8. The fraction of sp³-hybridized carbons (Fsp3) is 0.333. The second kappa shape index (κ2) is 5.67. The monoisotopic (exact) mass is 303 g/mol. The van der Waals surface area contributed by atoms with Crippen molar-refractivity contribution in [3.05, 3.63) is 27.7 Å². The topological polar surface area (TPSA) is 98.2 Å². The maximum atomic E-state index is 12.0. The molecule has 5 nitrogen and oxygen atoms in total. The number of nitrogens with two attached hydrogens (primary N) is 2. The molecule has 0 unspecified atom stereocenters. The Morgan fingerprint density at radius 1 is 1.26 bits per heavy atom. The molecule has 0 aliphatic heterocycles. The summed E-state index contributed by atoms with van der Waals surface area (Å²) in [6.07, 6.45) is 0.0230. The van der Waals surface area contributed by atoms with Crippen LogP contribution in [-0.2, 0) is 4.79 Å². The zero-order valence-corrected chi connectivity index (χ0v) is 12.1. The van der Waals surface area contributed by atoms with Gasteiger partial charge in [-0.05, 0) is 26.0 Å². The van der Waals surface area contributed by atoms with E-state index in [2.05, 4.69) is 5.32 Å². The number of primary amides is 1. The molecule has 0 radical (unpaired) electrons. The Bertz CT molecular complexity index is 507. The molecule has 1 rings (SSSR count). The highest BCUT2D eigenvalue weighted by Gasteiger charge is 2.24. The molecule has 0 atom stereocenters. The van der Waals surface area contributed by atoms with Gasteiger partial charge in [0.15, 0.2) is 0 Å². The van der Waals surface area contributed by atoms with E-state index in [-0.39, 0.29) is 27.7 Å². The first-order valence-corrected chi connectivity index (χ1v) is 6.23. The highest BCUT2D eigenvalue weighted by molar-refractivity contribution is 6.39. The first-order chi connectivity index (χ1) is 8.62. The van der Waals surface area contributed by atoms with E-state index in [1.165, 1.54) is 12.1 Å². The Morgan fingerprint density at radius 3 is 2.16 bits per heavy atom. The van der Waals surface area contributed by atoms with Gasteiger partial charge in [0.05, 0.1) is 15.7 Å². The van der Waals surface area contributed by atoms with Gasteiger partial charge in [-0.1, -0.05) is 23.2 Å². The van der Waals surface area contributed by atoms with Gasteiger partial charge in [-0.2, -0.15) is 0 Å². The molecule has 0 fully saturated rings. The fourth-order valence-electron chi connectivity index (χ4n) is 1.57. The summed E-state index contributed by atoms with van der Waals surface area (Å²) in [5, 5.41) is 3.08. The average Bonchev–Trinajstić information content (AvgIpc) is 2.22. The largest absolute Gasteiger partial charge is 0.396 e. The number of nitrogens with one attached hydrogen (secondary N) is 1. The number of nitrogen functional groups attached to an aromatic ring is 1. The predicted octanol–water partition coefficient (Wildman–Crippen LogP) is 1.96. The van der Waals surface area contributed by atoms with Gasteiger partial charge in [0, 0.05) is 17.5 Å². The molecule has 0 saturated heterocycles. The lowest BCUT2D eigenvalue weighted by molar-refractivity contribution is -0.119. The first kappa shape index (κ1) is 15.6. The second-order valence-corrected chi connectivity index (χ2v) is 5.65. The van der Waals surface area contributed by atoms with E-state index < -0.39 is 17.4 Å². The van der Waals surface area contributed by atoms with E-state index in [9.17, 15) is 9.59 Å². The lowest BCUT2D eigenvalue weighted by Gasteiger charge is -2.24. The summed E-state index contributed by atoms with van der Waals surface area (Å²) in [5.74, 6) is -0.909. The minimum Gasteiger partial charge on any atom is -0.396 e. The standard InChI is InChI=1S/C12H15Cl2N3O2/c1-12(2,5-9(15)18)17-11(19)6-3-7(13)10(16)8(14)4-6/h3-4H,5,16H2,1-2H3,(H2,15,18)(H,17,19). The van der Waals surface area contributed by atoms with Crippen LogP contribution in [0.3, 0.4) is 0 Å². The molecule has 0 aliphatic rings. The maximum absolute atomic E-state index is 12.0. The van der Waals surface area contributed by atoms with Crippen molar-refractivity contribution in [3.8, 4) is 0 Å². The van der Waals surface area contributed by atoms with Crippen molar-refractivity contribution in [3.63, 3.8) is 0 Å². The number of halogens is 2. The van der Waals surface area contributed by atoms with E-state index in [0.717, 1.165) is 0 Å². The number of carbonyl (C=O) groups is 2. The van der Waals surface area contributed by atoms with Gasteiger partial charge in [0.1, 0.15) is 0 Å². The SMILES string of the molecule is CC(C)(CC(N)=O)NC(=O)c1cc(Cl)c(N)c(Cl)c1. The lowest BCUT2D eigenvalue weighted by atomic mass is 9.99. The average molecular weight is 304 g/mol. The van der Waals surface area contributed by atoms with E-state index in [1.807, 2.05) is 0 Å². The fourth-order valence-corrected chi connectivity index (χ4v) is 2.06. The molecule has 0 heterocycles. The van der Waals surface area contributed by atoms with Crippen molar-refractivity contribution in [2.75, 3.05) is 5.73 Å².